The number of anilines is 1. The Kier molecular flexibility index (Phi) is 11.0. The Labute approximate surface area is 234 Å². The van der Waals surface area contributed by atoms with Gasteiger partial charge in [-0.15, -0.1) is 0 Å². The first kappa shape index (κ1) is 30.0. The zero-order valence-corrected chi connectivity index (χ0v) is 24.8. The topological polar surface area (TPSA) is 96.0 Å². The SMILES string of the molecule is COc1ccccc1N(CCCC(=O)N(Cc1cccc(Br)c1)C(C)C(=O)NC1CCCCC1)S(C)(=O)=O. The number of sulfonamides is 1. The number of methoxy groups -OCH3 is 1. The molecule has 1 saturated carbocycles. The molecular formula is C28H38BrN3O5S. The molecule has 0 aromatic heterocycles. The van der Waals surface area contributed by atoms with Crippen molar-refractivity contribution in [2.45, 2.75) is 70.5 Å². The second-order valence-corrected chi connectivity index (χ2v) is 12.6. The molecule has 0 aliphatic heterocycles. The van der Waals surface area contributed by atoms with Gasteiger partial charge in [0.05, 0.1) is 19.1 Å². The quantitative estimate of drug-likeness (QED) is 0.371. The van der Waals surface area contributed by atoms with Crippen molar-refractivity contribution >= 4 is 43.5 Å². The number of rotatable bonds is 12. The number of benzene rings is 2. The number of nitrogens with zero attached hydrogens (tertiary/aromatic N) is 2. The fourth-order valence-electron chi connectivity index (χ4n) is 4.80. The van der Waals surface area contributed by atoms with Crippen LogP contribution in [-0.4, -0.2) is 57.1 Å². The van der Waals surface area contributed by atoms with E-state index in [4.69, 9.17) is 4.74 Å². The number of hydrogen-bond acceptors (Lipinski definition) is 5. The lowest BCUT2D eigenvalue weighted by Crippen LogP contribution is -2.50. The summed E-state index contributed by atoms with van der Waals surface area (Å²) in [6.07, 6.45) is 6.83. The lowest BCUT2D eigenvalue weighted by molar-refractivity contribution is -0.141. The van der Waals surface area contributed by atoms with Crippen LogP contribution < -0.4 is 14.4 Å². The number of amides is 2. The second kappa shape index (κ2) is 14.0. The first-order valence-electron chi connectivity index (χ1n) is 13.0. The van der Waals surface area contributed by atoms with Gasteiger partial charge in [0.25, 0.3) is 0 Å². The van der Waals surface area contributed by atoms with E-state index in [9.17, 15) is 18.0 Å². The Morgan fingerprint density at radius 3 is 2.47 bits per heavy atom. The molecule has 1 atom stereocenters. The zero-order chi connectivity index (χ0) is 27.7. The van der Waals surface area contributed by atoms with Gasteiger partial charge in [-0.05, 0) is 56.0 Å². The van der Waals surface area contributed by atoms with E-state index >= 15 is 0 Å². The summed E-state index contributed by atoms with van der Waals surface area (Å²) in [5.41, 5.74) is 1.33. The van der Waals surface area contributed by atoms with E-state index in [-0.39, 0.29) is 43.8 Å². The van der Waals surface area contributed by atoms with Crippen molar-refractivity contribution in [3.05, 3.63) is 58.6 Å². The summed E-state index contributed by atoms with van der Waals surface area (Å²) in [4.78, 5) is 28.3. The Balaban J connectivity index is 1.73. The number of hydrogen-bond donors (Lipinski definition) is 1. The summed E-state index contributed by atoms with van der Waals surface area (Å²) in [5, 5.41) is 3.14. The van der Waals surface area contributed by atoms with Crippen LogP contribution in [0, 0.1) is 0 Å². The molecule has 1 N–H and O–H groups in total. The summed E-state index contributed by atoms with van der Waals surface area (Å²) in [7, 11) is -2.12. The van der Waals surface area contributed by atoms with Gasteiger partial charge < -0.3 is 15.0 Å². The zero-order valence-electron chi connectivity index (χ0n) is 22.4. The molecule has 38 heavy (non-hydrogen) atoms. The van der Waals surface area contributed by atoms with Crippen LogP contribution in [0.2, 0.25) is 0 Å². The molecule has 208 valence electrons. The van der Waals surface area contributed by atoms with E-state index in [1.807, 2.05) is 24.3 Å². The van der Waals surface area contributed by atoms with Gasteiger partial charge in [-0.3, -0.25) is 13.9 Å². The summed E-state index contributed by atoms with van der Waals surface area (Å²) in [6, 6.07) is 14.0. The van der Waals surface area contributed by atoms with Crippen LogP contribution in [0.15, 0.2) is 53.0 Å². The molecule has 1 aliphatic rings. The van der Waals surface area contributed by atoms with Gasteiger partial charge in [0.1, 0.15) is 11.8 Å². The van der Waals surface area contributed by atoms with Crippen LogP contribution in [0.5, 0.6) is 5.75 Å². The highest BCUT2D eigenvalue weighted by Gasteiger charge is 2.28. The minimum absolute atomic E-state index is 0.0935. The summed E-state index contributed by atoms with van der Waals surface area (Å²) in [6.45, 7) is 2.14. The van der Waals surface area contributed by atoms with Gasteiger partial charge in [-0.25, -0.2) is 8.42 Å². The molecule has 0 saturated heterocycles. The summed E-state index contributed by atoms with van der Waals surface area (Å²) in [5.74, 6) is 0.0744. The van der Waals surface area contributed by atoms with Crippen LogP contribution in [-0.2, 0) is 26.2 Å². The molecule has 0 spiro atoms. The molecular weight excluding hydrogens is 570 g/mol. The number of nitrogens with one attached hydrogen (secondary N) is 1. The van der Waals surface area contributed by atoms with Crippen LogP contribution in [0.25, 0.3) is 0 Å². The molecule has 1 fully saturated rings. The third-order valence-electron chi connectivity index (χ3n) is 6.87. The van der Waals surface area contributed by atoms with E-state index in [1.165, 1.54) is 17.8 Å². The smallest absolute Gasteiger partial charge is 0.242 e. The van der Waals surface area contributed by atoms with E-state index < -0.39 is 16.1 Å². The molecule has 2 amide bonds. The number of halogens is 1. The molecule has 0 radical (unpaired) electrons. The fraction of sp³-hybridized carbons (Fsp3) is 0.500. The molecule has 2 aromatic carbocycles. The van der Waals surface area contributed by atoms with Crippen molar-refractivity contribution in [2.75, 3.05) is 24.2 Å². The van der Waals surface area contributed by atoms with Gasteiger partial charge in [0.2, 0.25) is 21.8 Å². The third-order valence-corrected chi connectivity index (χ3v) is 8.54. The monoisotopic (exact) mass is 607 g/mol. The van der Waals surface area contributed by atoms with Crippen molar-refractivity contribution in [1.82, 2.24) is 10.2 Å². The molecule has 0 bridgehead atoms. The van der Waals surface area contributed by atoms with Crippen LogP contribution in [0.4, 0.5) is 5.69 Å². The molecule has 2 aromatic rings. The number of carbonyl (C=O) groups is 2. The Hall–Kier alpha value is -2.59. The van der Waals surface area contributed by atoms with E-state index in [0.717, 1.165) is 42.0 Å². The van der Waals surface area contributed by atoms with Crippen molar-refractivity contribution < 1.29 is 22.7 Å². The van der Waals surface area contributed by atoms with Crippen LogP contribution in [0.1, 0.15) is 57.4 Å². The molecule has 3 rings (SSSR count). The average molecular weight is 609 g/mol. The largest absolute Gasteiger partial charge is 0.495 e. The Morgan fingerprint density at radius 2 is 1.82 bits per heavy atom. The molecule has 10 heteroatoms. The standard InChI is InChI=1S/C28H38BrN3O5S/c1-21(28(34)30-24-13-5-4-6-14-24)31(20-22-11-9-12-23(29)19-22)27(33)17-10-18-32(38(3,35)36)25-15-7-8-16-26(25)37-2/h7-9,11-12,15-16,19,21,24H,4-6,10,13-14,17-18,20H2,1-3H3,(H,30,34). The highest BCUT2D eigenvalue weighted by molar-refractivity contribution is 9.10. The van der Waals surface area contributed by atoms with Gasteiger partial charge in [0, 0.05) is 30.0 Å². The Morgan fingerprint density at radius 1 is 1.11 bits per heavy atom. The fourth-order valence-corrected chi connectivity index (χ4v) is 6.22. The minimum Gasteiger partial charge on any atom is -0.495 e. The van der Waals surface area contributed by atoms with E-state index in [1.54, 1.807) is 36.1 Å². The lowest BCUT2D eigenvalue weighted by atomic mass is 9.95. The molecule has 8 nitrogen and oxygen atoms in total. The highest BCUT2D eigenvalue weighted by atomic mass is 79.9. The maximum atomic E-state index is 13.5. The van der Waals surface area contributed by atoms with Crippen molar-refractivity contribution in [3.8, 4) is 5.75 Å². The highest BCUT2D eigenvalue weighted by Crippen LogP contribution is 2.30. The van der Waals surface area contributed by atoms with Crippen LogP contribution in [0.3, 0.4) is 0 Å². The predicted octanol–water partition coefficient (Wildman–Crippen LogP) is 4.87. The number of carbonyl (C=O) groups excluding carboxylic acids is 2. The maximum Gasteiger partial charge on any atom is 0.242 e. The van der Waals surface area contributed by atoms with Gasteiger partial charge >= 0.3 is 0 Å². The van der Waals surface area contributed by atoms with Crippen molar-refractivity contribution in [3.63, 3.8) is 0 Å². The summed E-state index contributed by atoms with van der Waals surface area (Å²) >= 11 is 3.48. The first-order chi connectivity index (χ1) is 18.1. The molecule has 1 aliphatic carbocycles. The average Bonchev–Trinajstić information content (AvgIpc) is 2.89. The predicted molar refractivity (Wildman–Crippen MR) is 154 cm³/mol. The summed E-state index contributed by atoms with van der Waals surface area (Å²) < 4.78 is 32.7. The Bertz CT molecular complexity index is 1200. The molecule has 0 heterocycles. The van der Waals surface area contributed by atoms with Gasteiger partial charge in [0.15, 0.2) is 0 Å². The number of ether oxygens (including phenoxy) is 1. The lowest BCUT2D eigenvalue weighted by Gasteiger charge is -2.31. The maximum absolute atomic E-state index is 13.5. The minimum atomic E-state index is -3.61. The number of para-hydroxylation sites is 2. The van der Waals surface area contributed by atoms with E-state index in [0.29, 0.717) is 11.4 Å². The van der Waals surface area contributed by atoms with Gasteiger partial charge in [-0.1, -0.05) is 59.5 Å². The van der Waals surface area contributed by atoms with E-state index in [2.05, 4.69) is 21.2 Å². The van der Waals surface area contributed by atoms with Crippen LogP contribution >= 0.6 is 15.9 Å². The first-order valence-corrected chi connectivity index (χ1v) is 15.7. The third kappa shape index (κ3) is 8.46. The second-order valence-electron chi connectivity index (χ2n) is 9.78. The van der Waals surface area contributed by atoms with Crippen molar-refractivity contribution in [2.24, 2.45) is 0 Å². The van der Waals surface area contributed by atoms with Gasteiger partial charge in [-0.2, -0.15) is 0 Å². The normalized spacial score (nSPS) is 14.9. The molecule has 1 unspecified atom stereocenters. The van der Waals surface area contributed by atoms with Crippen molar-refractivity contribution in [1.29, 1.82) is 0 Å².